The first-order chi connectivity index (χ1) is 11.8. The molecule has 0 saturated heterocycles. The van der Waals surface area contributed by atoms with Gasteiger partial charge in [-0.2, -0.15) is 0 Å². The second-order valence-electron chi connectivity index (χ2n) is 4.78. The molecule has 0 aliphatic rings. The number of benzene rings is 1. The maximum atomic E-state index is 11.6. The van der Waals surface area contributed by atoms with Gasteiger partial charge in [0.1, 0.15) is 19.1 Å². The van der Waals surface area contributed by atoms with E-state index in [1.807, 2.05) is 0 Å². The molecule has 0 saturated carbocycles. The van der Waals surface area contributed by atoms with E-state index < -0.39 is 37.2 Å². The molecule has 0 aromatic heterocycles. The Bertz CT molecular complexity index is 644. The summed E-state index contributed by atoms with van der Waals surface area (Å²) in [5.74, 6) is -0.974. The highest BCUT2D eigenvalue weighted by Gasteiger charge is 2.10. The third-order valence-electron chi connectivity index (χ3n) is 2.80. The molecule has 0 heterocycles. The van der Waals surface area contributed by atoms with E-state index >= 15 is 0 Å². The van der Waals surface area contributed by atoms with Gasteiger partial charge in [0.05, 0.1) is 0 Å². The van der Waals surface area contributed by atoms with Crippen molar-refractivity contribution >= 4 is 17.5 Å². The number of rotatable bonds is 8. The number of hydrogen-bond acceptors (Lipinski definition) is 9. The molecule has 7 N–H and O–H groups in total. The fourth-order valence-electron chi connectivity index (χ4n) is 1.56. The molecular formula is C15H20N2O8. The Hall–Kier alpha value is -3.11. The molecule has 1 rings (SSSR count). The number of aryl methyl sites for hydroxylation is 1. The predicted molar refractivity (Wildman–Crippen MR) is 88.4 cm³/mol. The first kappa shape index (κ1) is 19.9. The van der Waals surface area contributed by atoms with E-state index in [4.69, 9.17) is 25.2 Å². The number of hydrogen-bond donors (Lipinski definition) is 7. The van der Waals surface area contributed by atoms with E-state index in [0.29, 0.717) is 29.5 Å². The lowest BCUT2D eigenvalue weighted by atomic mass is 10.2. The Morgan fingerprint density at radius 2 is 1.84 bits per heavy atom. The molecule has 1 amide bonds. The zero-order valence-corrected chi connectivity index (χ0v) is 13.3. The largest absolute Gasteiger partial charge is 0.512 e. The van der Waals surface area contributed by atoms with Crippen LogP contribution in [0.3, 0.4) is 0 Å². The summed E-state index contributed by atoms with van der Waals surface area (Å²) in [7, 11) is 0. The average Bonchev–Trinajstić information content (AvgIpc) is 2.60. The highest BCUT2D eigenvalue weighted by atomic mass is 16.6. The third-order valence-corrected chi connectivity index (χ3v) is 2.80. The Morgan fingerprint density at radius 3 is 2.48 bits per heavy atom. The first-order valence-corrected chi connectivity index (χ1v) is 7.00. The van der Waals surface area contributed by atoms with Crippen molar-refractivity contribution in [2.24, 2.45) is 0 Å². The average molecular weight is 356 g/mol. The molecule has 25 heavy (non-hydrogen) atoms. The van der Waals surface area contributed by atoms with Gasteiger partial charge in [0.25, 0.3) is 0 Å². The van der Waals surface area contributed by atoms with Crippen LogP contribution in [-0.4, -0.2) is 51.3 Å². The second kappa shape index (κ2) is 9.90. The van der Waals surface area contributed by atoms with E-state index in [1.165, 1.54) is 6.07 Å². The molecule has 138 valence electrons. The smallest absolute Gasteiger partial charge is 0.412 e. The van der Waals surface area contributed by atoms with E-state index in [1.54, 1.807) is 19.1 Å². The van der Waals surface area contributed by atoms with Gasteiger partial charge in [0.15, 0.2) is 18.1 Å². The lowest BCUT2D eigenvalue weighted by Crippen LogP contribution is -2.23. The zero-order chi connectivity index (χ0) is 18.8. The summed E-state index contributed by atoms with van der Waals surface area (Å²) in [6.45, 7) is 0.824. The van der Waals surface area contributed by atoms with Gasteiger partial charge in [-0.15, -0.1) is 0 Å². The summed E-state index contributed by atoms with van der Waals surface area (Å²) in [6.07, 6.45) is -1.48. The molecule has 0 bridgehead atoms. The molecule has 1 atom stereocenters. The molecule has 0 radical (unpaired) electrons. The first-order valence-electron chi connectivity index (χ1n) is 7.00. The number of carbonyl (C=O) groups is 1. The van der Waals surface area contributed by atoms with Crippen LogP contribution < -0.4 is 10.6 Å². The van der Waals surface area contributed by atoms with Crippen LogP contribution in [0.25, 0.3) is 0 Å². The van der Waals surface area contributed by atoms with Gasteiger partial charge < -0.3 is 40.3 Å². The van der Waals surface area contributed by atoms with Crippen LogP contribution in [-0.2, 0) is 9.47 Å². The maximum Gasteiger partial charge on any atom is 0.412 e. The molecule has 10 heteroatoms. The standard InChI is InChI=1S/C15H20N2O8/c1-9-2-3-10(16-14(22)24-7-11(20)5-18)4-13(9)17-15(23)25-8-12(21)6-19/h2-6,14,16,18-22H,7-8H2,1H3,(H,17,23)/b11-5-,12-6-. The number of ether oxygens (including phenoxy) is 2. The zero-order valence-electron chi connectivity index (χ0n) is 13.3. The fourth-order valence-corrected chi connectivity index (χ4v) is 1.56. The van der Waals surface area contributed by atoms with Gasteiger partial charge >= 0.3 is 6.09 Å². The minimum atomic E-state index is -1.48. The van der Waals surface area contributed by atoms with Crippen molar-refractivity contribution in [1.29, 1.82) is 0 Å². The number of nitrogens with one attached hydrogen (secondary N) is 2. The SMILES string of the molecule is Cc1ccc(NC(O)OC/C(O)=C/O)cc1NC(=O)OC/C(O)=C/O. The van der Waals surface area contributed by atoms with Crippen molar-refractivity contribution in [3.8, 4) is 0 Å². The van der Waals surface area contributed by atoms with Crippen LogP contribution >= 0.6 is 0 Å². The molecule has 0 aliphatic heterocycles. The Labute approximate surface area is 143 Å². The Morgan fingerprint density at radius 1 is 1.20 bits per heavy atom. The van der Waals surface area contributed by atoms with E-state index in [9.17, 15) is 9.90 Å². The summed E-state index contributed by atoms with van der Waals surface area (Å²) < 4.78 is 9.49. The maximum absolute atomic E-state index is 11.6. The normalized spacial score (nSPS) is 13.2. The van der Waals surface area contributed by atoms with E-state index in [-0.39, 0.29) is 0 Å². The minimum Gasteiger partial charge on any atom is -0.512 e. The molecule has 1 unspecified atom stereocenters. The number of amides is 1. The monoisotopic (exact) mass is 356 g/mol. The van der Waals surface area contributed by atoms with E-state index in [0.717, 1.165) is 0 Å². The summed E-state index contributed by atoms with van der Waals surface area (Å²) in [5.41, 5.74) is 1.45. The Kier molecular flexibility index (Phi) is 7.90. The number of aliphatic hydroxyl groups excluding tert-OH is 5. The van der Waals surface area contributed by atoms with Crippen molar-refractivity contribution in [1.82, 2.24) is 0 Å². The summed E-state index contributed by atoms with van der Waals surface area (Å²) in [5, 5.41) is 49.6. The fraction of sp³-hybridized carbons (Fsp3) is 0.267. The summed E-state index contributed by atoms with van der Waals surface area (Å²) in [4.78, 5) is 11.6. The van der Waals surface area contributed by atoms with Gasteiger partial charge in [-0.25, -0.2) is 4.79 Å². The van der Waals surface area contributed by atoms with Gasteiger partial charge in [-0.1, -0.05) is 6.07 Å². The summed E-state index contributed by atoms with van der Waals surface area (Å²) >= 11 is 0. The van der Waals surface area contributed by atoms with Crippen LogP contribution in [0.4, 0.5) is 16.2 Å². The molecule has 1 aromatic rings. The molecule has 10 nitrogen and oxygen atoms in total. The number of carbonyl (C=O) groups excluding carboxylic acids is 1. The highest BCUT2D eigenvalue weighted by molar-refractivity contribution is 5.86. The summed E-state index contributed by atoms with van der Waals surface area (Å²) in [6, 6.07) is 4.76. The number of anilines is 2. The lowest BCUT2D eigenvalue weighted by molar-refractivity contribution is -0.0766. The van der Waals surface area contributed by atoms with Gasteiger partial charge in [-0.3, -0.25) is 5.32 Å². The molecule has 0 fully saturated rings. The van der Waals surface area contributed by atoms with Crippen molar-refractivity contribution < 1.29 is 39.8 Å². The van der Waals surface area contributed by atoms with Crippen molar-refractivity contribution in [3.05, 3.63) is 47.8 Å². The minimum absolute atomic E-state index is 0.368. The van der Waals surface area contributed by atoms with Crippen LogP contribution in [0.15, 0.2) is 42.2 Å². The molecular weight excluding hydrogens is 336 g/mol. The van der Waals surface area contributed by atoms with Gasteiger partial charge in [0.2, 0.25) is 6.41 Å². The molecule has 0 aliphatic carbocycles. The van der Waals surface area contributed by atoms with Gasteiger partial charge in [-0.05, 0) is 24.6 Å². The van der Waals surface area contributed by atoms with Crippen LogP contribution in [0.5, 0.6) is 0 Å². The van der Waals surface area contributed by atoms with Crippen LogP contribution in [0.1, 0.15) is 5.56 Å². The predicted octanol–water partition coefficient (Wildman–Crippen LogP) is 2.16. The van der Waals surface area contributed by atoms with Crippen LogP contribution in [0.2, 0.25) is 0 Å². The second-order valence-corrected chi connectivity index (χ2v) is 4.78. The van der Waals surface area contributed by atoms with Gasteiger partial charge in [0, 0.05) is 11.4 Å². The quantitative estimate of drug-likeness (QED) is 0.273. The Balaban J connectivity index is 2.64. The van der Waals surface area contributed by atoms with Crippen LogP contribution in [0, 0.1) is 6.92 Å². The van der Waals surface area contributed by atoms with E-state index in [2.05, 4.69) is 15.4 Å². The highest BCUT2D eigenvalue weighted by Crippen LogP contribution is 2.21. The third kappa shape index (κ3) is 7.33. The molecule has 1 aromatic carbocycles. The van der Waals surface area contributed by atoms with Crippen molar-refractivity contribution in [2.45, 2.75) is 13.3 Å². The van der Waals surface area contributed by atoms with Crippen molar-refractivity contribution in [3.63, 3.8) is 0 Å². The lowest BCUT2D eigenvalue weighted by Gasteiger charge is -2.16. The molecule has 0 spiro atoms. The van der Waals surface area contributed by atoms with Crippen molar-refractivity contribution in [2.75, 3.05) is 23.8 Å². The number of aliphatic hydroxyl groups is 5. The topological polar surface area (TPSA) is 161 Å².